The van der Waals surface area contributed by atoms with E-state index < -0.39 is 27.8 Å². The van der Waals surface area contributed by atoms with Crippen molar-refractivity contribution in [3.63, 3.8) is 0 Å². The molecule has 0 radical (unpaired) electrons. The minimum atomic E-state index is -4.41. The minimum Gasteiger partial charge on any atom is -0.748 e. The largest absolute Gasteiger partial charge is 1.00 e. The van der Waals surface area contributed by atoms with Crippen molar-refractivity contribution >= 4 is 16.1 Å². The summed E-state index contributed by atoms with van der Waals surface area (Å²) in [5.74, 6) is -1.36. The van der Waals surface area contributed by atoms with Crippen molar-refractivity contribution in [2.75, 3.05) is 0 Å². The molecule has 0 aliphatic rings. The van der Waals surface area contributed by atoms with E-state index in [0.717, 1.165) is 0 Å². The number of hydrogen-bond acceptors (Lipinski definition) is 5. The molecule has 0 aliphatic carbocycles. The molecule has 0 heterocycles. The fraction of sp³-hybridized carbons (Fsp3) is 0.667. The summed E-state index contributed by atoms with van der Waals surface area (Å²) in [7, 11) is -4.41. The Kier molecular flexibility index (Phi) is 22.3. The van der Waals surface area contributed by atoms with E-state index >= 15 is 0 Å². The summed E-state index contributed by atoms with van der Waals surface area (Å²) < 4.78 is 31.1. The molecule has 0 aliphatic heterocycles. The van der Waals surface area contributed by atoms with Crippen LogP contribution in [0.5, 0.6) is 0 Å². The SMILES string of the molecule is [CH2-]CC(CCC(=O)[O-])S(=O)(=O)[O-].[Na+].[Na+].[Na+]. The number of aliphatic carboxylic acids is 1. The maximum absolute atomic E-state index is 10.4. The van der Waals surface area contributed by atoms with Crippen LogP contribution in [0.2, 0.25) is 0 Å². The van der Waals surface area contributed by atoms with Crippen molar-refractivity contribution in [2.24, 2.45) is 0 Å². The van der Waals surface area contributed by atoms with Gasteiger partial charge in [0.25, 0.3) is 0 Å². The van der Waals surface area contributed by atoms with Gasteiger partial charge in [0.1, 0.15) is 0 Å². The third kappa shape index (κ3) is 14.3. The van der Waals surface area contributed by atoms with Gasteiger partial charge in [-0.1, -0.05) is 0 Å². The van der Waals surface area contributed by atoms with Gasteiger partial charge in [-0.2, -0.15) is 6.42 Å². The second-order valence-electron chi connectivity index (χ2n) is 2.31. The molecule has 15 heavy (non-hydrogen) atoms. The van der Waals surface area contributed by atoms with Crippen LogP contribution < -0.4 is 93.8 Å². The van der Waals surface area contributed by atoms with Crippen LogP contribution in [0.25, 0.3) is 0 Å². The summed E-state index contributed by atoms with van der Waals surface area (Å²) in [6, 6.07) is 0. The van der Waals surface area contributed by atoms with Crippen LogP contribution in [0.1, 0.15) is 19.3 Å². The fourth-order valence-corrected chi connectivity index (χ4v) is 1.41. The van der Waals surface area contributed by atoms with Gasteiger partial charge in [0.2, 0.25) is 0 Å². The number of rotatable bonds is 5. The molecule has 5 nitrogen and oxygen atoms in total. The van der Waals surface area contributed by atoms with Gasteiger partial charge in [-0.15, -0.1) is 0 Å². The molecule has 0 aromatic carbocycles. The van der Waals surface area contributed by atoms with Gasteiger partial charge in [-0.05, 0) is 12.8 Å². The Balaban J connectivity index is -0.000000202. The predicted molar refractivity (Wildman–Crippen MR) is 37.7 cm³/mol. The van der Waals surface area contributed by atoms with E-state index in [1.54, 1.807) is 0 Å². The third-order valence-electron chi connectivity index (χ3n) is 1.40. The van der Waals surface area contributed by atoms with Crippen molar-refractivity contribution in [3.05, 3.63) is 6.92 Å². The molecule has 1 atom stereocenters. The quantitative estimate of drug-likeness (QED) is 0.278. The first-order chi connectivity index (χ1) is 5.38. The van der Waals surface area contributed by atoms with Crippen LogP contribution in [0, 0.1) is 6.92 Å². The molecule has 0 saturated carbocycles. The summed E-state index contributed by atoms with van der Waals surface area (Å²) in [4.78, 5) is 9.92. The zero-order valence-electron chi connectivity index (χ0n) is 9.36. The van der Waals surface area contributed by atoms with E-state index in [4.69, 9.17) is 0 Å². The summed E-state index contributed by atoms with van der Waals surface area (Å²) in [5.41, 5.74) is 0. The summed E-state index contributed by atoms with van der Waals surface area (Å²) >= 11 is 0. The molecule has 9 heteroatoms. The van der Waals surface area contributed by atoms with E-state index in [1.807, 2.05) is 0 Å². The fourth-order valence-electron chi connectivity index (χ4n) is 0.712. The zero-order valence-corrected chi connectivity index (χ0v) is 16.2. The van der Waals surface area contributed by atoms with E-state index in [2.05, 4.69) is 6.92 Å². The monoisotopic (exact) mass is 262 g/mol. The molecule has 0 bridgehead atoms. The van der Waals surface area contributed by atoms with Crippen LogP contribution in [0.15, 0.2) is 0 Å². The Labute approximate surface area is 156 Å². The first kappa shape index (κ1) is 26.0. The third-order valence-corrected chi connectivity index (χ3v) is 2.69. The number of carboxylic acid groups (broad SMARTS) is 1. The molecule has 72 valence electrons. The van der Waals surface area contributed by atoms with Crippen LogP contribution in [-0.2, 0) is 14.9 Å². The number of hydrogen-bond donors (Lipinski definition) is 0. The van der Waals surface area contributed by atoms with E-state index in [0.29, 0.717) is 0 Å². The average molecular weight is 262 g/mol. The Morgan fingerprint density at radius 2 is 1.67 bits per heavy atom. The number of carbonyl (C=O) groups is 1. The Hall–Kier alpha value is 2.38. The second kappa shape index (κ2) is 12.8. The standard InChI is InChI=1S/C6H11O5S.3Na/c1-2-5(12(9,10)11)3-4-6(7)8;;;/h5H,1-4H2,(H,7,8)(H,9,10,11);;;/q-1;3*+1/p-2. The Morgan fingerprint density at radius 3 is 1.87 bits per heavy atom. The Bertz CT molecular complexity index is 253. The summed E-state index contributed by atoms with van der Waals surface area (Å²) in [6.07, 6.45) is -0.765. The molecule has 1 unspecified atom stereocenters. The molecule has 0 amide bonds. The Morgan fingerprint density at radius 1 is 1.27 bits per heavy atom. The summed E-state index contributed by atoms with van der Waals surface area (Å²) in [5, 5.41) is 8.71. The molecule has 0 N–H and O–H groups in total. The van der Waals surface area contributed by atoms with Crippen LogP contribution in [0.3, 0.4) is 0 Å². The van der Waals surface area contributed by atoms with Gasteiger partial charge < -0.3 is 21.4 Å². The average Bonchev–Trinajstić information content (AvgIpc) is 1.85. The molecule has 0 aromatic heterocycles. The van der Waals surface area contributed by atoms with Crippen LogP contribution in [0.4, 0.5) is 0 Å². The zero-order chi connectivity index (χ0) is 9.78. The van der Waals surface area contributed by atoms with Gasteiger partial charge >= 0.3 is 88.7 Å². The van der Waals surface area contributed by atoms with Gasteiger partial charge in [-0.3, -0.25) is 0 Å². The minimum absolute atomic E-state index is 0. The van der Waals surface area contributed by atoms with Gasteiger partial charge in [0, 0.05) is 11.2 Å². The van der Waals surface area contributed by atoms with Crippen LogP contribution >= 0.6 is 0 Å². The van der Waals surface area contributed by atoms with Crippen molar-refractivity contribution in [3.8, 4) is 0 Å². The maximum Gasteiger partial charge on any atom is 1.00 e. The molecular formula is C6H9Na3O5S. The molecule has 0 aromatic rings. The predicted octanol–water partition coefficient (Wildman–Crippen LogP) is -10.3. The van der Waals surface area contributed by atoms with Gasteiger partial charge in [0.15, 0.2) is 0 Å². The molecule has 0 saturated heterocycles. The molecular weight excluding hydrogens is 253 g/mol. The molecule has 0 rings (SSSR count). The summed E-state index contributed by atoms with van der Waals surface area (Å²) in [6.45, 7) is 3.24. The van der Waals surface area contributed by atoms with Crippen molar-refractivity contribution in [2.45, 2.75) is 24.5 Å². The van der Waals surface area contributed by atoms with E-state index in [-0.39, 0.29) is 102 Å². The van der Waals surface area contributed by atoms with E-state index in [1.165, 1.54) is 0 Å². The normalized spacial score (nSPS) is 11.3. The first-order valence-electron chi connectivity index (χ1n) is 3.31. The number of carbonyl (C=O) groups excluding carboxylic acids is 1. The molecule has 0 spiro atoms. The second-order valence-corrected chi connectivity index (χ2v) is 3.97. The molecule has 0 fully saturated rings. The number of carboxylic acids is 1. The van der Waals surface area contributed by atoms with Crippen LogP contribution in [-0.4, -0.2) is 24.2 Å². The first-order valence-corrected chi connectivity index (χ1v) is 4.79. The van der Waals surface area contributed by atoms with Crippen molar-refractivity contribution in [1.29, 1.82) is 0 Å². The van der Waals surface area contributed by atoms with Gasteiger partial charge in [-0.25, -0.2) is 8.42 Å². The smallest absolute Gasteiger partial charge is 0.748 e. The van der Waals surface area contributed by atoms with Crippen molar-refractivity contribution in [1.82, 2.24) is 0 Å². The van der Waals surface area contributed by atoms with Gasteiger partial charge in [0.05, 0.1) is 10.1 Å². The van der Waals surface area contributed by atoms with Crippen molar-refractivity contribution < 1.29 is 112 Å². The van der Waals surface area contributed by atoms with E-state index in [9.17, 15) is 22.9 Å². The topological polar surface area (TPSA) is 97.3 Å². The maximum atomic E-state index is 10.4.